The molecule has 0 fully saturated rings. The van der Waals surface area contributed by atoms with Crippen LogP contribution in [0.3, 0.4) is 0 Å². The fourth-order valence-corrected chi connectivity index (χ4v) is 5.68. The van der Waals surface area contributed by atoms with Crippen molar-refractivity contribution in [2.75, 3.05) is 21.1 Å². The Hall–Kier alpha value is -3.18. The summed E-state index contributed by atoms with van der Waals surface area (Å²) >= 11 is 18.2. The van der Waals surface area contributed by atoms with Crippen LogP contribution in [0.1, 0.15) is 62.7 Å². The molecule has 2 amide bonds. The number of aromatic hydroxyl groups is 1. The predicted octanol–water partition coefficient (Wildman–Crippen LogP) is 8.11. The van der Waals surface area contributed by atoms with Crippen molar-refractivity contribution in [3.63, 3.8) is 0 Å². The van der Waals surface area contributed by atoms with Gasteiger partial charge in [0.05, 0.1) is 32.2 Å². The summed E-state index contributed by atoms with van der Waals surface area (Å²) in [5, 5.41) is 16.1. The zero-order valence-electron chi connectivity index (χ0n) is 23.8. The van der Waals surface area contributed by atoms with E-state index < -0.39 is 27.9 Å². The highest BCUT2D eigenvalue weighted by Crippen LogP contribution is 2.34. The maximum absolute atomic E-state index is 12.8. The molecule has 9 nitrogen and oxygen atoms in total. The van der Waals surface area contributed by atoms with E-state index in [2.05, 4.69) is 22.3 Å². The van der Waals surface area contributed by atoms with Crippen LogP contribution in [-0.2, 0) is 14.8 Å². The molecule has 0 saturated heterocycles. The number of amides is 2. The molecule has 43 heavy (non-hydrogen) atoms. The maximum Gasteiger partial charge on any atom is 0.265 e. The Morgan fingerprint density at radius 1 is 0.837 bits per heavy atom. The molecule has 4 N–H and O–H groups in total. The van der Waals surface area contributed by atoms with Crippen LogP contribution < -0.4 is 20.1 Å². The normalized spacial score (nSPS) is 11.9. The number of phenols is 1. The van der Waals surface area contributed by atoms with Crippen LogP contribution in [0.5, 0.6) is 11.5 Å². The van der Waals surface area contributed by atoms with Gasteiger partial charge in [0.15, 0.2) is 6.10 Å². The van der Waals surface area contributed by atoms with Crippen LogP contribution in [0.15, 0.2) is 54.6 Å². The summed E-state index contributed by atoms with van der Waals surface area (Å²) < 4.78 is 33.0. The van der Waals surface area contributed by atoms with Gasteiger partial charge in [-0.2, -0.15) is 0 Å². The predicted molar refractivity (Wildman–Crippen MR) is 173 cm³/mol. The van der Waals surface area contributed by atoms with E-state index in [0.717, 1.165) is 32.1 Å². The Balaban J connectivity index is 1.53. The Morgan fingerprint density at radius 2 is 1.51 bits per heavy atom. The number of carbonyl (C=O) groups is 2. The summed E-state index contributed by atoms with van der Waals surface area (Å²) in [6.45, 7) is 3.65. The van der Waals surface area contributed by atoms with Gasteiger partial charge in [0.1, 0.15) is 11.5 Å². The Kier molecular flexibility index (Phi) is 12.8. The summed E-state index contributed by atoms with van der Waals surface area (Å²) in [4.78, 5) is 25.3. The number of hydrogen-bond donors (Lipinski definition) is 4. The highest BCUT2D eigenvalue weighted by Gasteiger charge is 2.19. The summed E-state index contributed by atoms with van der Waals surface area (Å²) in [6.07, 6.45) is 4.95. The topological polar surface area (TPSA) is 134 Å². The fraction of sp³-hybridized carbons (Fsp3) is 0.333. The average Bonchev–Trinajstić information content (AvgIpc) is 2.95. The number of rotatable bonds is 15. The smallest absolute Gasteiger partial charge is 0.265 e. The molecule has 0 aliphatic heterocycles. The molecule has 1 atom stereocenters. The van der Waals surface area contributed by atoms with Crippen LogP contribution >= 0.6 is 34.8 Å². The summed E-state index contributed by atoms with van der Waals surface area (Å²) in [5.74, 6) is -1.05. The van der Waals surface area contributed by atoms with Crippen LogP contribution in [0, 0.1) is 0 Å². The monoisotopic (exact) mass is 669 g/mol. The van der Waals surface area contributed by atoms with Gasteiger partial charge in [0.2, 0.25) is 10.0 Å². The molecule has 1 unspecified atom stereocenters. The van der Waals surface area contributed by atoms with Crippen LogP contribution in [-0.4, -0.2) is 37.2 Å². The molecule has 3 aromatic rings. The molecule has 0 aliphatic carbocycles. The number of nitrogens with one attached hydrogen (secondary N) is 3. The number of ether oxygens (including phenoxy) is 1. The van der Waals surface area contributed by atoms with E-state index in [1.807, 2.05) is 0 Å². The number of sulfonamides is 1. The average molecular weight is 671 g/mol. The van der Waals surface area contributed by atoms with Gasteiger partial charge in [-0.3, -0.25) is 14.3 Å². The number of anilines is 3. The highest BCUT2D eigenvalue weighted by atomic mass is 35.5. The maximum atomic E-state index is 12.8. The van der Waals surface area contributed by atoms with Crippen LogP contribution in [0.2, 0.25) is 15.1 Å². The zero-order chi connectivity index (χ0) is 31.6. The lowest BCUT2D eigenvalue weighted by molar-refractivity contribution is -0.122. The molecule has 0 radical (unpaired) electrons. The van der Waals surface area contributed by atoms with Crippen molar-refractivity contribution >= 4 is 73.7 Å². The SMILES string of the molecule is CCCCCCCCS(=O)(=O)Nc1ccc(OC(C)C(=O)Nc2cc(O)c(NC(=O)c3ccc(Cl)c(Cl)c3)cc2Cl)cc1. The van der Waals surface area contributed by atoms with Gasteiger partial charge in [-0.15, -0.1) is 0 Å². The summed E-state index contributed by atoms with van der Waals surface area (Å²) in [7, 11) is -3.47. The Morgan fingerprint density at radius 3 is 2.19 bits per heavy atom. The van der Waals surface area contributed by atoms with Crippen molar-refractivity contribution in [1.82, 2.24) is 0 Å². The molecule has 3 aromatic carbocycles. The van der Waals surface area contributed by atoms with Crippen molar-refractivity contribution in [2.45, 2.75) is 58.5 Å². The van der Waals surface area contributed by atoms with Crippen LogP contribution in [0.4, 0.5) is 17.1 Å². The molecule has 0 aromatic heterocycles. The van der Waals surface area contributed by atoms with Gasteiger partial charge in [0.25, 0.3) is 11.8 Å². The van der Waals surface area contributed by atoms with E-state index in [0.29, 0.717) is 22.9 Å². The van der Waals surface area contributed by atoms with Gasteiger partial charge >= 0.3 is 0 Å². The molecule has 232 valence electrons. The van der Waals surface area contributed by atoms with E-state index in [1.54, 1.807) is 24.3 Å². The van der Waals surface area contributed by atoms with E-state index in [-0.39, 0.29) is 38.5 Å². The molecule has 0 aliphatic rings. The minimum atomic E-state index is -3.47. The zero-order valence-corrected chi connectivity index (χ0v) is 26.8. The number of benzene rings is 3. The number of hydrogen-bond acceptors (Lipinski definition) is 6. The second-order valence-electron chi connectivity index (χ2n) is 9.89. The van der Waals surface area contributed by atoms with Gasteiger partial charge in [-0.1, -0.05) is 73.8 Å². The van der Waals surface area contributed by atoms with Crippen molar-refractivity contribution in [3.8, 4) is 11.5 Å². The molecule has 13 heteroatoms. The van der Waals surface area contributed by atoms with Crippen LogP contribution in [0.25, 0.3) is 0 Å². The number of halogens is 3. The molecular weight excluding hydrogens is 637 g/mol. The quantitative estimate of drug-likeness (QED) is 0.0954. The molecule has 0 heterocycles. The Labute approximate surface area is 266 Å². The molecule has 0 saturated carbocycles. The third-order valence-electron chi connectivity index (χ3n) is 6.35. The third kappa shape index (κ3) is 10.8. The van der Waals surface area contributed by atoms with E-state index in [9.17, 15) is 23.1 Å². The molecule has 3 rings (SSSR count). The third-order valence-corrected chi connectivity index (χ3v) is 8.77. The lowest BCUT2D eigenvalue weighted by Crippen LogP contribution is -2.30. The van der Waals surface area contributed by atoms with Gasteiger partial charge in [-0.25, -0.2) is 8.42 Å². The Bertz CT molecular complexity index is 1530. The highest BCUT2D eigenvalue weighted by molar-refractivity contribution is 7.92. The molecule has 0 bridgehead atoms. The van der Waals surface area contributed by atoms with Crippen molar-refractivity contribution in [3.05, 3.63) is 75.2 Å². The van der Waals surface area contributed by atoms with E-state index in [1.165, 1.54) is 37.3 Å². The standard InChI is InChI=1S/C30H34Cl3N3O6S/c1-3-4-5-6-7-8-15-43(40,41)36-21-10-12-22(13-11-21)42-19(2)29(38)34-26-18-28(37)27(17-25(26)33)35-30(39)20-9-14-23(31)24(32)16-20/h9-14,16-19,36-37H,3-8,15H2,1-2H3,(H,34,38)(H,35,39). The van der Waals surface area contributed by atoms with E-state index in [4.69, 9.17) is 39.5 Å². The van der Waals surface area contributed by atoms with Gasteiger partial charge in [-0.05, 0) is 61.9 Å². The molecule has 0 spiro atoms. The van der Waals surface area contributed by atoms with Gasteiger partial charge in [0, 0.05) is 17.3 Å². The van der Waals surface area contributed by atoms with E-state index >= 15 is 0 Å². The lowest BCUT2D eigenvalue weighted by atomic mass is 10.1. The van der Waals surface area contributed by atoms with Crippen molar-refractivity contribution in [1.29, 1.82) is 0 Å². The number of phenolic OH excluding ortho intramolecular Hbond substituents is 1. The summed E-state index contributed by atoms with van der Waals surface area (Å²) in [6, 6.07) is 13.0. The van der Waals surface area contributed by atoms with Gasteiger partial charge < -0.3 is 20.5 Å². The number of unbranched alkanes of at least 4 members (excludes halogenated alkanes) is 5. The first-order valence-corrected chi connectivity index (χ1v) is 16.5. The number of carbonyl (C=O) groups excluding carboxylic acids is 2. The molecular formula is C30H34Cl3N3O6S. The second kappa shape index (κ2) is 16.0. The first-order chi connectivity index (χ1) is 20.4. The minimum absolute atomic E-state index is 0.0195. The lowest BCUT2D eigenvalue weighted by Gasteiger charge is -2.17. The second-order valence-corrected chi connectivity index (χ2v) is 13.0. The summed E-state index contributed by atoms with van der Waals surface area (Å²) in [5.41, 5.74) is 0.726. The fourth-order valence-electron chi connectivity index (χ4n) is 3.99. The first kappa shape index (κ1) is 34.3. The van der Waals surface area contributed by atoms with Crippen molar-refractivity contribution < 1.29 is 27.9 Å². The largest absolute Gasteiger partial charge is 0.506 e. The van der Waals surface area contributed by atoms with Crippen molar-refractivity contribution in [2.24, 2.45) is 0 Å². The first-order valence-electron chi connectivity index (χ1n) is 13.8. The minimum Gasteiger partial charge on any atom is -0.506 e.